The Kier molecular flexibility index (Phi) is 9.58. The molecule has 48 heavy (non-hydrogen) atoms. The van der Waals surface area contributed by atoms with E-state index in [1.807, 2.05) is 0 Å². The summed E-state index contributed by atoms with van der Waals surface area (Å²) in [6, 6.07) is 0. The van der Waals surface area contributed by atoms with Crippen LogP contribution in [-0.2, 0) is 50.6 Å². The number of anilines is 1. The van der Waals surface area contributed by atoms with Crippen LogP contribution >= 0.6 is 23.5 Å². The first kappa shape index (κ1) is 35.4. The number of amides is 1. The molecule has 0 radical (unpaired) electrons. The molecule has 266 valence electrons. The number of phosphoric ester groups is 3. The Hall–Kier alpha value is -2.47. The summed E-state index contributed by atoms with van der Waals surface area (Å²) in [7, 11) is -16.1. The fraction of sp³-hybridized carbons (Fsp3) is 0.619. The predicted octanol–water partition coefficient (Wildman–Crippen LogP) is -2.33. The summed E-state index contributed by atoms with van der Waals surface area (Å²) < 4.78 is 73.5. The van der Waals surface area contributed by atoms with Gasteiger partial charge >= 0.3 is 23.5 Å². The van der Waals surface area contributed by atoms with Crippen LogP contribution in [0.4, 0.5) is 5.82 Å². The Morgan fingerprint density at radius 2 is 1.60 bits per heavy atom. The Bertz CT molecular complexity index is 1740. The number of nitrogens with two attached hydrogens (primary N) is 2. The third kappa shape index (κ3) is 7.21. The normalized spacial score (nSPS) is 34.4. The van der Waals surface area contributed by atoms with E-state index in [0.717, 1.165) is 17.2 Å². The lowest BCUT2D eigenvalue weighted by atomic mass is 10.1. The molecule has 11 atom stereocenters. The van der Waals surface area contributed by atoms with E-state index in [0.29, 0.717) is 18.4 Å². The average Bonchev–Trinajstić information content (AvgIpc) is 3.73. The van der Waals surface area contributed by atoms with E-state index in [1.54, 1.807) is 4.90 Å². The van der Waals surface area contributed by atoms with E-state index in [2.05, 4.69) is 19.3 Å². The number of phosphoric acid groups is 3. The number of aromatic nitrogens is 4. The number of hydrogen-bond acceptors (Lipinski definition) is 18. The predicted molar refractivity (Wildman–Crippen MR) is 151 cm³/mol. The van der Waals surface area contributed by atoms with Gasteiger partial charge < -0.3 is 60.4 Å². The van der Waals surface area contributed by atoms with Crippen molar-refractivity contribution in [3.8, 4) is 0 Å². The van der Waals surface area contributed by atoms with Crippen LogP contribution in [0.3, 0.4) is 0 Å². The Morgan fingerprint density at radius 3 is 2.25 bits per heavy atom. The van der Waals surface area contributed by atoms with Crippen molar-refractivity contribution in [2.45, 2.75) is 68.1 Å². The minimum Gasteiger partial charge on any atom is -0.387 e. The summed E-state index contributed by atoms with van der Waals surface area (Å²) in [4.78, 5) is 64.0. The van der Waals surface area contributed by atoms with Crippen LogP contribution in [0.25, 0.3) is 11.2 Å². The SMILES string of the molecule is NC(=O)C1=CN2[C@@H](CC1)O[C@H]1[C@H](O)[C@H](COP(=O)(O)OP(=O)(O)OC[C@H]3O[C@H](n4cnc5c(N)ncnc54)[C@H](OP(=O)(O)O)[C@@H]3O)O[C@@H]12. The molecule has 3 fully saturated rings. The number of fused-ring (bicyclic) bond motifs is 4. The molecule has 2 unspecified atom stereocenters. The van der Waals surface area contributed by atoms with Crippen LogP contribution in [0.1, 0.15) is 19.1 Å². The summed E-state index contributed by atoms with van der Waals surface area (Å²) in [6.45, 7) is -1.87. The molecule has 0 aliphatic carbocycles. The number of aliphatic hydroxyl groups is 2. The Morgan fingerprint density at radius 1 is 0.958 bits per heavy atom. The zero-order valence-electron chi connectivity index (χ0n) is 24.2. The number of aliphatic hydroxyl groups excluding tert-OH is 2. The molecule has 2 aromatic heterocycles. The number of ether oxygens (including phenoxy) is 3. The van der Waals surface area contributed by atoms with E-state index in [-0.39, 0.29) is 17.0 Å². The molecule has 0 saturated carbocycles. The van der Waals surface area contributed by atoms with Crippen molar-refractivity contribution in [3.63, 3.8) is 0 Å². The minimum absolute atomic E-state index is 0.0179. The first-order valence-electron chi connectivity index (χ1n) is 13.9. The quantitative estimate of drug-likeness (QED) is 0.106. The van der Waals surface area contributed by atoms with Crippen molar-refractivity contribution in [1.82, 2.24) is 24.4 Å². The van der Waals surface area contributed by atoms with E-state index in [4.69, 9.17) is 39.2 Å². The number of nitrogens with zero attached hydrogens (tertiary/aromatic N) is 5. The number of imidazole rings is 1. The molecule has 1 amide bonds. The lowest BCUT2D eigenvalue weighted by molar-refractivity contribution is -0.116. The highest BCUT2D eigenvalue weighted by atomic mass is 31.3. The largest absolute Gasteiger partial charge is 0.481 e. The molecule has 10 N–H and O–H groups in total. The third-order valence-electron chi connectivity index (χ3n) is 7.78. The van der Waals surface area contributed by atoms with Gasteiger partial charge in [0.05, 0.1) is 19.5 Å². The second kappa shape index (κ2) is 13.0. The zero-order valence-corrected chi connectivity index (χ0v) is 26.8. The molecule has 0 bridgehead atoms. The van der Waals surface area contributed by atoms with E-state index < -0.39 is 97.9 Å². The minimum atomic E-state index is -5.48. The molecule has 6 rings (SSSR count). The molecular formula is C21H30N7O17P3. The number of rotatable bonds is 12. The summed E-state index contributed by atoms with van der Waals surface area (Å²) >= 11 is 0. The molecule has 2 aromatic rings. The van der Waals surface area contributed by atoms with Crippen molar-refractivity contribution in [2.75, 3.05) is 18.9 Å². The van der Waals surface area contributed by atoms with Gasteiger partial charge in [-0.05, 0) is 12.8 Å². The van der Waals surface area contributed by atoms with Crippen LogP contribution in [0.2, 0.25) is 0 Å². The van der Waals surface area contributed by atoms with Gasteiger partial charge in [-0.25, -0.2) is 28.6 Å². The highest BCUT2D eigenvalue weighted by molar-refractivity contribution is 7.61. The fourth-order valence-corrected chi connectivity index (χ4v) is 8.30. The highest BCUT2D eigenvalue weighted by Gasteiger charge is 2.55. The van der Waals surface area contributed by atoms with Gasteiger partial charge in [-0.3, -0.25) is 22.9 Å². The molecule has 4 aliphatic heterocycles. The maximum atomic E-state index is 12.6. The van der Waals surface area contributed by atoms with Gasteiger partial charge in [0, 0.05) is 11.8 Å². The molecule has 6 heterocycles. The van der Waals surface area contributed by atoms with Crippen LogP contribution in [0, 0.1) is 0 Å². The summed E-state index contributed by atoms with van der Waals surface area (Å²) in [5.41, 5.74) is 11.5. The van der Waals surface area contributed by atoms with E-state index >= 15 is 0 Å². The second-order valence-electron chi connectivity index (χ2n) is 10.9. The molecule has 0 spiro atoms. The van der Waals surface area contributed by atoms with Crippen molar-refractivity contribution >= 4 is 46.4 Å². The van der Waals surface area contributed by atoms with Gasteiger partial charge in [-0.15, -0.1) is 0 Å². The lowest BCUT2D eigenvalue weighted by Gasteiger charge is -2.31. The average molecular weight is 745 g/mol. The van der Waals surface area contributed by atoms with Crippen LogP contribution in [-0.4, -0.2) is 122 Å². The van der Waals surface area contributed by atoms with Gasteiger partial charge in [0.2, 0.25) is 5.91 Å². The van der Waals surface area contributed by atoms with Crippen molar-refractivity contribution in [1.29, 1.82) is 0 Å². The standard InChI is InChI=1S/C21H30N7O17P3/c22-17-12-19(25-6-24-17)28(7-26-12)21-16(44-46(32,33)34)14(30)10(42-21)5-40-48(37,38)45-47(35,36)39-4-9-13(29)15-20(41-9)27-3-8(18(23)31)1-2-11(27)43-15/h3,6-7,9-11,13-16,20-21,29-30H,1-2,4-5H2,(H2,23,31)(H,35,36)(H,37,38)(H2,22,24,25)(H2,32,33,34)/t9-,10+,11+,13+,14+,15-,16+,20-,21-/m0/s1. The van der Waals surface area contributed by atoms with Crippen LogP contribution < -0.4 is 11.5 Å². The summed E-state index contributed by atoms with van der Waals surface area (Å²) in [5.74, 6) is -0.685. The molecular weight excluding hydrogens is 715 g/mol. The zero-order chi connectivity index (χ0) is 34.8. The number of nitrogen functional groups attached to an aromatic ring is 1. The smallest absolute Gasteiger partial charge is 0.387 e. The van der Waals surface area contributed by atoms with E-state index in [9.17, 15) is 48.3 Å². The van der Waals surface area contributed by atoms with Crippen molar-refractivity contribution in [3.05, 3.63) is 24.4 Å². The number of carbonyl (C=O) groups is 1. The number of hydrogen-bond donors (Lipinski definition) is 8. The molecule has 3 saturated heterocycles. The van der Waals surface area contributed by atoms with Crippen molar-refractivity contribution in [2.24, 2.45) is 5.73 Å². The van der Waals surface area contributed by atoms with Crippen LogP contribution in [0.5, 0.6) is 0 Å². The monoisotopic (exact) mass is 745 g/mol. The molecule has 0 aromatic carbocycles. The topological polar surface area (TPSA) is 353 Å². The number of carbonyl (C=O) groups excluding carboxylic acids is 1. The Balaban J connectivity index is 1.06. The van der Waals surface area contributed by atoms with Crippen LogP contribution in [0.15, 0.2) is 24.4 Å². The van der Waals surface area contributed by atoms with Gasteiger partial charge in [0.15, 0.2) is 23.9 Å². The molecule has 24 nitrogen and oxygen atoms in total. The first-order chi connectivity index (χ1) is 22.4. The third-order valence-corrected chi connectivity index (χ3v) is 10.9. The van der Waals surface area contributed by atoms with Gasteiger partial charge in [-0.2, -0.15) is 4.31 Å². The van der Waals surface area contributed by atoms with Gasteiger partial charge in [0.1, 0.15) is 54.7 Å². The van der Waals surface area contributed by atoms with E-state index in [1.165, 1.54) is 6.20 Å². The lowest BCUT2D eigenvalue weighted by Crippen LogP contribution is -2.38. The van der Waals surface area contributed by atoms with Gasteiger partial charge in [-0.1, -0.05) is 0 Å². The van der Waals surface area contributed by atoms with Crippen molar-refractivity contribution < 1.29 is 80.4 Å². The maximum Gasteiger partial charge on any atom is 0.481 e. The second-order valence-corrected chi connectivity index (χ2v) is 15.2. The summed E-state index contributed by atoms with van der Waals surface area (Å²) in [6.07, 6.45) is -7.55. The molecule has 27 heteroatoms. The fourth-order valence-electron chi connectivity index (χ4n) is 5.66. The summed E-state index contributed by atoms with van der Waals surface area (Å²) in [5, 5.41) is 21.4. The van der Waals surface area contributed by atoms with Gasteiger partial charge in [0.25, 0.3) is 0 Å². The Labute approximate surface area is 268 Å². The maximum absolute atomic E-state index is 12.6. The first-order valence-corrected chi connectivity index (χ1v) is 18.4. The molecule has 4 aliphatic rings. The number of primary amides is 1. The highest BCUT2D eigenvalue weighted by Crippen LogP contribution is 2.61.